The van der Waals surface area contributed by atoms with Crippen LogP contribution in [0.2, 0.25) is 0 Å². The molecule has 1 N–H and O–H groups in total. The summed E-state index contributed by atoms with van der Waals surface area (Å²) < 4.78 is 0. The van der Waals surface area contributed by atoms with Gasteiger partial charge in [-0.3, -0.25) is 24.3 Å². The van der Waals surface area contributed by atoms with Gasteiger partial charge in [0.15, 0.2) is 0 Å². The third kappa shape index (κ3) is 2.37. The Hall–Kier alpha value is -2.71. The average Bonchev–Trinajstić information content (AvgIpc) is 3.53. The number of H-pyrrole nitrogens is 1. The molecule has 3 aromatic rings. The van der Waals surface area contributed by atoms with Crippen LogP contribution in [0.4, 0.5) is 5.69 Å². The molecule has 2 bridgehead atoms. The predicted molar refractivity (Wildman–Crippen MR) is 122 cm³/mol. The first-order valence-electron chi connectivity index (χ1n) is 10.9. The molecule has 3 fully saturated rings. The smallest absolute Gasteiger partial charge is 0.305 e. The molecule has 7 atom stereocenters. The van der Waals surface area contributed by atoms with Gasteiger partial charge >= 0.3 is 4.87 Å². The van der Waals surface area contributed by atoms with Gasteiger partial charge in [0.1, 0.15) is 0 Å². The molecule has 0 unspecified atom stereocenters. The van der Waals surface area contributed by atoms with Gasteiger partial charge in [-0.1, -0.05) is 35.6 Å². The molecule has 6 nitrogen and oxygen atoms in total. The van der Waals surface area contributed by atoms with Crippen LogP contribution in [0.3, 0.4) is 0 Å². The Bertz CT molecular complexity index is 1300. The Kier molecular flexibility index (Phi) is 3.91. The number of amides is 2. The van der Waals surface area contributed by atoms with Crippen molar-refractivity contribution in [2.24, 2.45) is 29.6 Å². The summed E-state index contributed by atoms with van der Waals surface area (Å²) in [5, 5.41) is 1.13. The second-order valence-electron chi connectivity index (χ2n) is 9.09. The first-order chi connectivity index (χ1) is 15.6. The van der Waals surface area contributed by atoms with Gasteiger partial charge in [0.05, 0.1) is 22.5 Å². The molecule has 8 heteroatoms. The highest BCUT2D eigenvalue weighted by atomic mass is 32.2. The molecule has 7 rings (SSSR count). The quantitative estimate of drug-likeness (QED) is 0.591. The van der Waals surface area contributed by atoms with E-state index >= 15 is 0 Å². The molecule has 2 saturated carbocycles. The first kappa shape index (κ1) is 18.8. The van der Waals surface area contributed by atoms with Gasteiger partial charge in [0, 0.05) is 28.4 Å². The third-order valence-corrected chi connectivity index (χ3v) is 10.4. The summed E-state index contributed by atoms with van der Waals surface area (Å²) in [6.07, 6.45) is 4.54. The second-order valence-corrected chi connectivity index (χ2v) is 11.3. The van der Waals surface area contributed by atoms with Crippen LogP contribution in [0.25, 0.3) is 0 Å². The summed E-state index contributed by atoms with van der Waals surface area (Å²) in [5.41, 5.74) is 1.75. The van der Waals surface area contributed by atoms with Crippen molar-refractivity contribution in [3.63, 3.8) is 0 Å². The highest BCUT2D eigenvalue weighted by molar-refractivity contribution is 8.00. The first-order valence-corrected chi connectivity index (χ1v) is 12.6. The number of pyridine rings is 1. The number of carbonyl (C=O) groups excluding carboxylic acids is 2. The number of rotatable bonds is 2. The van der Waals surface area contributed by atoms with E-state index in [9.17, 15) is 14.4 Å². The number of hydrogen-bond acceptors (Lipinski definition) is 6. The number of nitrogens with zero attached hydrogens (tertiary/aromatic N) is 2. The average molecular weight is 462 g/mol. The van der Waals surface area contributed by atoms with E-state index < -0.39 is 0 Å². The van der Waals surface area contributed by atoms with E-state index in [-0.39, 0.29) is 57.4 Å². The van der Waals surface area contributed by atoms with Gasteiger partial charge in [0.2, 0.25) is 11.8 Å². The molecule has 160 valence electrons. The van der Waals surface area contributed by atoms with Crippen LogP contribution < -0.4 is 9.77 Å². The van der Waals surface area contributed by atoms with Crippen molar-refractivity contribution in [1.82, 2.24) is 9.97 Å². The van der Waals surface area contributed by atoms with Gasteiger partial charge in [-0.05, 0) is 47.9 Å². The number of thioether (sulfide) groups is 1. The predicted octanol–water partition coefficient (Wildman–Crippen LogP) is 3.51. The number of fused-ring (bicyclic) bond motifs is 9. The van der Waals surface area contributed by atoms with Crippen LogP contribution in [-0.4, -0.2) is 27.0 Å². The zero-order valence-electron chi connectivity index (χ0n) is 16.9. The number of para-hydroxylation sites is 1. The number of hydrogen-bond donors (Lipinski definition) is 1. The van der Waals surface area contributed by atoms with Gasteiger partial charge < -0.3 is 4.98 Å². The fourth-order valence-corrected chi connectivity index (χ4v) is 9.67. The molecule has 4 heterocycles. The lowest BCUT2D eigenvalue weighted by Gasteiger charge is -2.42. The minimum absolute atomic E-state index is 0.0264. The van der Waals surface area contributed by atoms with E-state index in [0.29, 0.717) is 5.69 Å². The molecular formula is C24H19N3O3S2. The summed E-state index contributed by atoms with van der Waals surface area (Å²) in [4.78, 5) is 49.1. The monoisotopic (exact) mass is 461 g/mol. The number of carbonyl (C=O) groups is 2. The summed E-state index contributed by atoms with van der Waals surface area (Å²) in [6, 6.07) is 13.3. The number of nitrogens with one attached hydrogen (secondary N) is 1. The lowest BCUT2D eigenvalue weighted by Crippen LogP contribution is -2.42. The molecule has 2 aromatic heterocycles. The molecule has 2 amide bonds. The van der Waals surface area contributed by atoms with Gasteiger partial charge in [-0.25, -0.2) is 0 Å². The summed E-state index contributed by atoms with van der Waals surface area (Å²) in [6.45, 7) is 0. The topological polar surface area (TPSA) is 83.1 Å². The summed E-state index contributed by atoms with van der Waals surface area (Å²) >= 11 is 2.98. The van der Waals surface area contributed by atoms with E-state index in [1.165, 1.54) is 16.2 Å². The summed E-state index contributed by atoms with van der Waals surface area (Å²) in [7, 11) is 0. The van der Waals surface area contributed by atoms with E-state index in [1.54, 1.807) is 18.0 Å². The Labute approximate surface area is 192 Å². The Balaban J connectivity index is 1.34. The maximum Gasteiger partial charge on any atom is 0.305 e. The molecule has 0 spiro atoms. The lowest BCUT2D eigenvalue weighted by atomic mass is 9.68. The van der Waals surface area contributed by atoms with Gasteiger partial charge in [-0.2, -0.15) is 0 Å². The highest BCUT2D eigenvalue weighted by Crippen LogP contribution is 2.68. The number of thiazole rings is 1. The van der Waals surface area contributed by atoms with E-state index in [4.69, 9.17) is 0 Å². The molecule has 0 radical (unpaired) electrons. The fourth-order valence-electron chi connectivity index (χ4n) is 6.78. The minimum Gasteiger partial charge on any atom is -0.307 e. The maximum absolute atomic E-state index is 13.6. The van der Waals surface area contributed by atoms with Crippen LogP contribution in [-0.2, 0) is 9.59 Å². The SMILES string of the molecule is O=C1[C@@H]2[C@H]3C[C@@H]([C@@H]2C(=O)N1c1ccccc1)[C@@H]1[C@H](c2cccnc2)c2sc(=O)[nH]c2S[C@@H]31. The Morgan fingerprint density at radius 1 is 0.969 bits per heavy atom. The molecule has 1 aromatic carbocycles. The second kappa shape index (κ2) is 6.65. The number of aromatic nitrogens is 2. The highest BCUT2D eigenvalue weighted by Gasteiger charge is 2.69. The van der Waals surface area contributed by atoms with E-state index in [2.05, 4.69) is 16.0 Å². The maximum atomic E-state index is 13.6. The zero-order valence-corrected chi connectivity index (χ0v) is 18.5. The van der Waals surface area contributed by atoms with Crippen molar-refractivity contribution in [2.75, 3.05) is 4.90 Å². The molecule has 2 aliphatic heterocycles. The fraction of sp³-hybridized carbons (Fsp3) is 0.333. The molecule has 1 saturated heterocycles. The van der Waals surface area contributed by atoms with Crippen molar-refractivity contribution in [3.05, 3.63) is 75.0 Å². The number of aromatic amines is 1. The molecule has 4 aliphatic rings. The van der Waals surface area contributed by atoms with Crippen molar-refractivity contribution in [3.8, 4) is 0 Å². The molecule has 2 aliphatic carbocycles. The Morgan fingerprint density at radius 3 is 2.50 bits per heavy atom. The minimum atomic E-state index is -0.272. The lowest BCUT2D eigenvalue weighted by molar-refractivity contribution is -0.123. The van der Waals surface area contributed by atoms with Crippen LogP contribution >= 0.6 is 23.1 Å². The van der Waals surface area contributed by atoms with Crippen LogP contribution in [0.1, 0.15) is 22.8 Å². The van der Waals surface area contributed by atoms with Crippen molar-refractivity contribution in [1.29, 1.82) is 0 Å². The zero-order chi connectivity index (χ0) is 21.6. The van der Waals surface area contributed by atoms with Gasteiger partial charge in [0.25, 0.3) is 0 Å². The van der Waals surface area contributed by atoms with E-state index in [0.717, 1.165) is 21.9 Å². The largest absolute Gasteiger partial charge is 0.307 e. The van der Waals surface area contributed by atoms with Crippen molar-refractivity contribution >= 4 is 40.6 Å². The third-order valence-electron chi connectivity index (χ3n) is 7.78. The normalized spacial score (nSPS) is 34.5. The molecular weight excluding hydrogens is 442 g/mol. The Morgan fingerprint density at radius 2 is 1.75 bits per heavy atom. The number of benzene rings is 1. The standard InChI is InChI=1S/C24H19N3O3S2/c28-22-17-13-9-14(18(17)23(29)27(22)12-6-2-1-3-7-12)19-16(13)15(11-5-4-8-25-10-11)20-21(31-19)26-24(30)32-20/h1-8,10,13-19H,9H2,(H,26,30)/t13-,14-,15+,16-,17+,18-,19+/m1/s1. The van der Waals surface area contributed by atoms with Crippen molar-refractivity contribution < 1.29 is 9.59 Å². The molecule has 32 heavy (non-hydrogen) atoms. The van der Waals surface area contributed by atoms with E-state index in [1.807, 2.05) is 42.6 Å². The summed E-state index contributed by atoms with van der Waals surface area (Å²) in [5.74, 6) is -0.140. The van der Waals surface area contributed by atoms with Crippen LogP contribution in [0.15, 0.2) is 64.7 Å². The van der Waals surface area contributed by atoms with Crippen LogP contribution in [0, 0.1) is 29.6 Å². The number of imide groups is 1. The number of anilines is 1. The van der Waals surface area contributed by atoms with Crippen LogP contribution in [0.5, 0.6) is 0 Å². The van der Waals surface area contributed by atoms with Gasteiger partial charge in [-0.15, -0.1) is 11.8 Å². The van der Waals surface area contributed by atoms with Crippen molar-refractivity contribution in [2.45, 2.75) is 22.6 Å².